The molecular weight excluding hydrogens is 288 g/mol. The van der Waals surface area contributed by atoms with Gasteiger partial charge in [0.2, 0.25) is 5.12 Å². The van der Waals surface area contributed by atoms with Gasteiger partial charge in [-0.2, -0.15) is 0 Å². The van der Waals surface area contributed by atoms with Crippen LogP contribution in [0.15, 0.2) is 63.1 Å². The SMILES string of the molecule is CSc1ccc(C)cc1C(=O)Sc1cccccc1=O. The zero-order valence-corrected chi connectivity index (χ0v) is 12.9. The van der Waals surface area contributed by atoms with Crippen molar-refractivity contribution in [2.45, 2.75) is 16.7 Å². The Kier molecular flexibility index (Phi) is 5.04. The topological polar surface area (TPSA) is 34.1 Å². The summed E-state index contributed by atoms with van der Waals surface area (Å²) in [7, 11) is 0. The summed E-state index contributed by atoms with van der Waals surface area (Å²) in [5, 5.41) is -0.0960. The molecule has 0 amide bonds. The van der Waals surface area contributed by atoms with Gasteiger partial charge in [-0.1, -0.05) is 29.8 Å². The minimum absolute atomic E-state index is 0.0960. The average molecular weight is 302 g/mol. The fraction of sp³-hybridized carbons (Fsp3) is 0.125. The Morgan fingerprint density at radius 1 is 1.00 bits per heavy atom. The zero-order valence-electron chi connectivity index (χ0n) is 11.3. The van der Waals surface area contributed by atoms with Gasteiger partial charge in [0.15, 0.2) is 5.43 Å². The number of thioether (sulfide) groups is 2. The van der Waals surface area contributed by atoms with Crippen LogP contribution in [0.4, 0.5) is 0 Å². The molecule has 2 rings (SSSR count). The van der Waals surface area contributed by atoms with Gasteiger partial charge in [-0.05, 0) is 49.2 Å². The van der Waals surface area contributed by atoms with Crippen LogP contribution in [0.5, 0.6) is 0 Å². The summed E-state index contributed by atoms with van der Waals surface area (Å²) in [6.45, 7) is 1.95. The lowest BCUT2D eigenvalue weighted by molar-refractivity contribution is 0.108. The Labute approximate surface area is 126 Å². The third-order valence-electron chi connectivity index (χ3n) is 2.74. The summed E-state index contributed by atoms with van der Waals surface area (Å²) in [5.74, 6) is 0. The fourth-order valence-corrected chi connectivity index (χ4v) is 3.17. The molecule has 102 valence electrons. The van der Waals surface area contributed by atoms with E-state index in [0.29, 0.717) is 10.5 Å². The molecule has 4 heteroatoms. The van der Waals surface area contributed by atoms with E-state index in [-0.39, 0.29) is 10.5 Å². The second kappa shape index (κ2) is 6.77. The zero-order chi connectivity index (χ0) is 14.5. The highest BCUT2D eigenvalue weighted by Gasteiger charge is 2.14. The van der Waals surface area contributed by atoms with Crippen molar-refractivity contribution in [3.8, 4) is 0 Å². The lowest BCUT2D eigenvalue weighted by atomic mass is 10.1. The number of carbonyl (C=O) groups excluding carboxylic acids is 1. The molecule has 2 aromatic rings. The molecule has 0 heterocycles. The van der Waals surface area contributed by atoms with Gasteiger partial charge in [-0.15, -0.1) is 11.8 Å². The molecule has 0 aliphatic rings. The number of rotatable bonds is 3. The molecule has 0 aliphatic carbocycles. The number of hydrogen-bond acceptors (Lipinski definition) is 4. The van der Waals surface area contributed by atoms with Gasteiger partial charge in [0, 0.05) is 10.5 Å². The third-order valence-corrected chi connectivity index (χ3v) is 4.50. The van der Waals surface area contributed by atoms with Gasteiger partial charge >= 0.3 is 0 Å². The van der Waals surface area contributed by atoms with E-state index < -0.39 is 0 Å². The molecule has 2 aromatic carbocycles. The molecule has 0 unspecified atom stereocenters. The van der Waals surface area contributed by atoms with Gasteiger partial charge in [0.05, 0.1) is 4.90 Å². The van der Waals surface area contributed by atoms with Crippen LogP contribution in [-0.2, 0) is 0 Å². The van der Waals surface area contributed by atoms with Gasteiger partial charge < -0.3 is 0 Å². The van der Waals surface area contributed by atoms with Crippen LogP contribution in [-0.4, -0.2) is 11.4 Å². The molecule has 0 fully saturated rings. The first-order chi connectivity index (χ1) is 9.61. The first-order valence-corrected chi connectivity index (χ1v) is 8.12. The molecule has 0 saturated carbocycles. The summed E-state index contributed by atoms with van der Waals surface area (Å²) in [4.78, 5) is 25.6. The van der Waals surface area contributed by atoms with Gasteiger partial charge in [-0.3, -0.25) is 9.59 Å². The predicted octanol–water partition coefficient (Wildman–Crippen LogP) is 4.01. The summed E-state index contributed by atoms with van der Waals surface area (Å²) in [6.07, 6.45) is 1.94. The molecule has 0 saturated heterocycles. The van der Waals surface area contributed by atoms with Crippen molar-refractivity contribution in [3.63, 3.8) is 0 Å². The lowest BCUT2D eigenvalue weighted by Crippen LogP contribution is -2.03. The molecule has 0 N–H and O–H groups in total. The van der Waals surface area contributed by atoms with Gasteiger partial charge in [0.1, 0.15) is 0 Å². The minimum Gasteiger partial charge on any atom is -0.289 e. The maximum absolute atomic E-state index is 12.4. The summed E-state index contributed by atoms with van der Waals surface area (Å²) < 4.78 is 0. The third kappa shape index (κ3) is 3.52. The van der Waals surface area contributed by atoms with E-state index in [2.05, 4.69) is 0 Å². The molecule has 0 atom stereocenters. The maximum atomic E-state index is 12.4. The molecule has 0 bridgehead atoms. The molecule has 20 heavy (non-hydrogen) atoms. The number of aryl methyl sites for hydroxylation is 1. The Morgan fingerprint density at radius 3 is 2.50 bits per heavy atom. The second-order valence-corrected chi connectivity index (χ2v) is 6.10. The van der Waals surface area contributed by atoms with Crippen LogP contribution in [0.25, 0.3) is 0 Å². The monoisotopic (exact) mass is 302 g/mol. The quantitative estimate of drug-likeness (QED) is 0.802. The highest BCUT2D eigenvalue weighted by molar-refractivity contribution is 8.14. The average Bonchev–Trinajstić information content (AvgIpc) is 2.64. The van der Waals surface area contributed by atoms with E-state index in [1.807, 2.05) is 31.4 Å². The standard InChI is InChI=1S/C16H14O2S2/c1-11-8-9-14(19-2)12(10-11)16(18)20-15-7-5-3-4-6-13(15)17/h3-10H,1-2H3. The smallest absolute Gasteiger partial charge is 0.225 e. The summed E-state index contributed by atoms with van der Waals surface area (Å²) in [5.41, 5.74) is 1.56. The molecule has 0 aliphatic heterocycles. The van der Waals surface area contributed by atoms with Crippen LogP contribution in [0.2, 0.25) is 0 Å². The van der Waals surface area contributed by atoms with Crippen molar-refractivity contribution >= 4 is 28.6 Å². The normalized spacial score (nSPS) is 10.3. The lowest BCUT2D eigenvalue weighted by Gasteiger charge is -2.06. The first-order valence-electron chi connectivity index (χ1n) is 6.08. The maximum Gasteiger partial charge on any atom is 0.225 e. The first kappa shape index (κ1) is 14.9. The van der Waals surface area contributed by atoms with E-state index >= 15 is 0 Å². The van der Waals surface area contributed by atoms with Crippen molar-refractivity contribution in [2.24, 2.45) is 0 Å². The highest BCUT2D eigenvalue weighted by atomic mass is 32.2. The molecule has 2 nitrogen and oxygen atoms in total. The van der Waals surface area contributed by atoms with Crippen molar-refractivity contribution in [3.05, 3.63) is 69.9 Å². The summed E-state index contributed by atoms with van der Waals surface area (Å²) in [6, 6.07) is 14.2. The Bertz CT molecular complexity index is 696. The Morgan fingerprint density at radius 2 is 1.75 bits per heavy atom. The van der Waals surface area contributed by atoms with Crippen LogP contribution in [0.1, 0.15) is 15.9 Å². The molecule has 0 spiro atoms. The van der Waals surface area contributed by atoms with Gasteiger partial charge in [-0.25, -0.2) is 0 Å². The van der Waals surface area contributed by atoms with E-state index in [9.17, 15) is 9.59 Å². The Balaban J connectivity index is 2.36. The van der Waals surface area contributed by atoms with Crippen LogP contribution in [0.3, 0.4) is 0 Å². The van der Waals surface area contributed by atoms with E-state index in [4.69, 9.17) is 0 Å². The number of hydrogen-bond donors (Lipinski definition) is 0. The van der Waals surface area contributed by atoms with Crippen molar-refractivity contribution in [1.29, 1.82) is 0 Å². The van der Waals surface area contributed by atoms with Crippen LogP contribution >= 0.6 is 23.5 Å². The number of benzene rings is 1. The van der Waals surface area contributed by atoms with E-state index in [1.165, 1.54) is 17.8 Å². The largest absolute Gasteiger partial charge is 0.289 e. The second-order valence-electron chi connectivity index (χ2n) is 4.23. The highest BCUT2D eigenvalue weighted by Crippen LogP contribution is 2.27. The predicted molar refractivity (Wildman–Crippen MR) is 85.9 cm³/mol. The van der Waals surface area contributed by atoms with Crippen molar-refractivity contribution in [1.82, 2.24) is 0 Å². The number of carbonyl (C=O) groups is 1. The van der Waals surface area contributed by atoms with E-state index in [0.717, 1.165) is 22.2 Å². The molecular formula is C16H14O2S2. The van der Waals surface area contributed by atoms with Crippen molar-refractivity contribution in [2.75, 3.05) is 6.26 Å². The molecule has 0 aromatic heterocycles. The van der Waals surface area contributed by atoms with Crippen LogP contribution < -0.4 is 5.43 Å². The van der Waals surface area contributed by atoms with Crippen molar-refractivity contribution < 1.29 is 4.79 Å². The summed E-state index contributed by atoms with van der Waals surface area (Å²) >= 11 is 2.52. The van der Waals surface area contributed by atoms with Gasteiger partial charge in [0.25, 0.3) is 0 Å². The van der Waals surface area contributed by atoms with E-state index in [1.54, 1.807) is 24.3 Å². The fourth-order valence-electron chi connectivity index (χ4n) is 1.73. The Hall–Kier alpha value is -1.52. The molecule has 0 radical (unpaired) electrons. The van der Waals surface area contributed by atoms with Crippen LogP contribution in [0, 0.1) is 6.92 Å². The minimum atomic E-state index is -0.133.